The lowest BCUT2D eigenvalue weighted by Gasteiger charge is -2.14. The molecule has 1 aromatic carbocycles. The summed E-state index contributed by atoms with van der Waals surface area (Å²) < 4.78 is 12.3. The molecule has 0 radical (unpaired) electrons. The average Bonchev–Trinajstić information content (AvgIpc) is 2.39. The standard InChI is InChI=1S/C15H25BrN2O2/c1-5-19-14-10-12(11-17-7-8-18(3)4)9-13(16)15(14)20-6-2/h9-10,17H,5-8,11H2,1-4H3/p+2. The summed E-state index contributed by atoms with van der Waals surface area (Å²) in [6, 6.07) is 4.20. The van der Waals surface area contributed by atoms with Gasteiger partial charge in [-0.25, -0.2) is 0 Å². The molecular weight excluding hydrogens is 320 g/mol. The molecule has 0 atom stereocenters. The van der Waals surface area contributed by atoms with Crippen LogP contribution in [0.15, 0.2) is 16.6 Å². The lowest BCUT2D eigenvalue weighted by Crippen LogP contribution is -3.09. The van der Waals surface area contributed by atoms with Gasteiger partial charge in [0.2, 0.25) is 0 Å². The number of likely N-dealkylation sites (N-methyl/N-ethyl adjacent to an activating group) is 1. The number of nitrogens with one attached hydrogen (secondary N) is 1. The van der Waals surface area contributed by atoms with Gasteiger partial charge in [-0.3, -0.25) is 0 Å². The second-order valence-corrected chi connectivity index (χ2v) is 5.86. The van der Waals surface area contributed by atoms with Gasteiger partial charge in [-0.05, 0) is 41.9 Å². The van der Waals surface area contributed by atoms with E-state index in [4.69, 9.17) is 9.47 Å². The number of hydrogen-bond donors (Lipinski definition) is 2. The van der Waals surface area contributed by atoms with Crippen LogP contribution in [0.5, 0.6) is 11.5 Å². The molecule has 0 heterocycles. The van der Waals surface area contributed by atoms with Crippen LogP contribution in [0.2, 0.25) is 0 Å². The van der Waals surface area contributed by atoms with Crippen molar-refractivity contribution >= 4 is 15.9 Å². The predicted molar refractivity (Wildman–Crippen MR) is 84.7 cm³/mol. The van der Waals surface area contributed by atoms with E-state index < -0.39 is 0 Å². The van der Waals surface area contributed by atoms with Crippen LogP contribution >= 0.6 is 15.9 Å². The molecule has 5 heteroatoms. The number of benzene rings is 1. The normalized spacial score (nSPS) is 10.9. The highest BCUT2D eigenvalue weighted by atomic mass is 79.9. The molecule has 20 heavy (non-hydrogen) atoms. The van der Waals surface area contributed by atoms with Gasteiger partial charge in [-0.1, -0.05) is 0 Å². The molecule has 1 rings (SSSR count). The maximum Gasteiger partial charge on any atom is 0.175 e. The van der Waals surface area contributed by atoms with Crippen LogP contribution < -0.4 is 19.7 Å². The van der Waals surface area contributed by atoms with E-state index in [0.29, 0.717) is 13.2 Å². The van der Waals surface area contributed by atoms with Gasteiger partial charge in [-0.15, -0.1) is 0 Å². The van der Waals surface area contributed by atoms with Crippen LogP contribution in [0.1, 0.15) is 19.4 Å². The zero-order valence-corrected chi connectivity index (χ0v) is 14.5. The Hall–Kier alpha value is -0.780. The topological polar surface area (TPSA) is 39.5 Å². The van der Waals surface area contributed by atoms with E-state index in [2.05, 4.69) is 47.5 Å². The average molecular weight is 347 g/mol. The zero-order valence-electron chi connectivity index (χ0n) is 13.0. The van der Waals surface area contributed by atoms with Gasteiger partial charge in [0.1, 0.15) is 19.6 Å². The first-order valence-electron chi connectivity index (χ1n) is 7.27. The Morgan fingerprint density at radius 1 is 1.15 bits per heavy atom. The summed E-state index contributed by atoms with van der Waals surface area (Å²) >= 11 is 3.58. The van der Waals surface area contributed by atoms with Gasteiger partial charge in [0.15, 0.2) is 11.5 Å². The van der Waals surface area contributed by atoms with Crippen LogP contribution in [-0.2, 0) is 6.54 Å². The molecular formula is C15H27BrN2O2+2. The summed E-state index contributed by atoms with van der Waals surface area (Å²) in [5, 5.41) is 2.32. The maximum atomic E-state index is 5.68. The SMILES string of the molecule is CCOc1cc(C[NH2+]CC[NH+](C)C)cc(Br)c1OCC. The highest BCUT2D eigenvalue weighted by Crippen LogP contribution is 2.36. The minimum atomic E-state index is 0.635. The van der Waals surface area contributed by atoms with E-state index in [1.165, 1.54) is 10.5 Å². The molecule has 114 valence electrons. The Morgan fingerprint density at radius 2 is 1.85 bits per heavy atom. The molecule has 4 nitrogen and oxygen atoms in total. The van der Waals surface area contributed by atoms with Gasteiger partial charge in [0, 0.05) is 5.56 Å². The molecule has 0 aliphatic carbocycles. The monoisotopic (exact) mass is 346 g/mol. The fourth-order valence-corrected chi connectivity index (χ4v) is 2.55. The molecule has 0 aliphatic heterocycles. The Bertz CT molecular complexity index is 411. The summed E-state index contributed by atoms with van der Waals surface area (Å²) in [5.74, 6) is 1.63. The van der Waals surface area contributed by atoms with E-state index in [0.717, 1.165) is 35.6 Å². The summed E-state index contributed by atoms with van der Waals surface area (Å²) in [6.45, 7) is 8.49. The molecule has 0 aliphatic rings. The van der Waals surface area contributed by atoms with Crippen molar-refractivity contribution in [3.63, 3.8) is 0 Å². The molecule has 1 aromatic rings. The van der Waals surface area contributed by atoms with Crippen molar-refractivity contribution in [1.29, 1.82) is 0 Å². The van der Waals surface area contributed by atoms with Crippen LogP contribution in [0.4, 0.5) is 0 Å². The Labute approximate surface area is 130 Å². The number of nitrogens with two attached hydrogens (primary N) is 1. The number of rotatable bonds is 9. The van der Waals surface area contributed by atoms with E-state index in [1.807, 2.05) is 13.8 Å². The van der Waals surface area contributed by atoms with Crippen molar-refractivity contribution in [3.8, 4) is 11.5 Å². The smallest absolute Gasteiger partial charge is 0.175 e. The lowest BCUT2D eigenvalue weighted by atomic mass is 10.2. The number of ether oxygens (including phenoxy) is 2. The van der Waals surface area contributed by atoms with Crippen LogP contribution in [-0.4, -0.2) is 40.4 Å². The summed E-state index contributed by atoms with van der Waals surface area (Å²) in [7, 11) is 4.35. The predicted octanol–water partition coefficient (Wildman–Crippen LogP) is 0.454. The molecule has 0 saturated carbocycles. The first-order chi connectivity index (χ1) is 9.58. The van der Waals surface area contributed by atoms with Gasteiger partial charge in [0.25, 0.3) is 0 Å². The molecule has 0 amide bonds. The van der Waals surface area contributed by atoms with Crippen molar-refractivity contribution in [1.82, 2.24) is 0 Å². The molecule has 0 saturated heterocycles. The lowest BCUT2D eigenvalue weighted by molar-refractivity contribution is -0.875. The minimum Gasteiger partial charge on any atom is -0.490 e. The summed E-state index contributed by atoms with van der Waals surface area (Å²) in [4.78, 5) is 1.48. The van der Waals surface area contributed by atoms with E-state index in [-0.39, 0.29) is 0 Å². The quantitative estimate of drug-likeness (QED) is 0.637. The van der Waals surface area contributed by atoms with E-state index in [1.54, 1.807) is 0 Å². The second-order valence-electron chi connectivity index (χ2n) is 5.01. The van der Waals surface area contributed by atoms with Gasteiger partial charge >= 0.3 is 0 Å². The van der Waals surface area contributed by atoms with Crippen LogP contribution in [0.3, 0.4) is 0 Å². The third-order valence-corrected chi connectivity index (χ3v) is 3.48. The van der Waals surface area contributed by atoms with Crippen molar-refractivity contribution in [2.75, 3.05) is 40.4 Å². The van der Waals surface area contributed by atoms with Gasteiger partial charge < -0.3 is 19.7 Å². The number of quaternary nitrogens is 2. The van der Waals surface area contributed by atoms with Gasteiger partial charge in [-0.2, -0.15) is 0 Å². The first-order valence-corrected chi connectivity index (χ1v) is 8.06. The second kappa shape index (κ2) is 9.21. The van der Waals surface area contributed by atoms with Crippen molar-refractivity contribution in [2.45, 2.75) is 20.4 Å². The molecule has 0 spiro atoms. The zero-order chi connectivity index (χ0) is 15.0. The molecule has 0 aromatic heterocycles. The van der Waals surface area contributed by atoms with Gasteiger partial charge in [0.05, 0.1) is 31.8 Å². The fraction of sp³-hybridized carbons (Fsp3) is 0.600. The Morgan fingerprint density at radius 3 is 2.45 bits per heavy atom. The van der Waals surface area contributed by atoms with Crippen LogP contribution in [0, 0.1) is 0 Å². The van der Waals surface area contributed by atoms with Crippen molar-refractivity contribution < 1.29 is 19.7 Å². The third kappa shape index (κ3) is 5.69. The first kappa shape index (κ1) is 17.3. The molecule has 0 unspecified atom stereocenters. The maximum absolute atomic E-state index is 5.68. The highest BCUT2D eigenvalue weighted by Gasteiger charge is 2.12. The molecule has 3 N–H and O–H groups in total. The highest BCUT2D eigenvalue weighted by molar-refractivity contribution is 9.10. The fourth-order valence-electron chi connectivity index (χ4n) is 1.95. The van der Waals surface area contributed by atoms with Crippen LogP contribution in [0.25, 0.3) is 0 Å². The molecule has 0 bridgehead atoms. The largest absolute Gasteiger partial charge is 0.490 e. The molecule has 0 fully saturated rings. The third-order valence-electron chi connectivity index (χ3n) is 2.89. The Kier molecular flexibility index (Phi) is 7.95. The van der Waals surface area contributed by atoms with Crippen molar-refractivity contribution in [3.05, 3.63) is 22.2 Å². The summed E-state index contributed by atoms with van der Waals surface area (Å²) in [5.41, 5.74) is 1.25. The minimum absolute atomic E-state index is 0.635. The van der Waals surface area contributed by atoms with E-state index in [9.17, 15) is 0 Å². The Balaban J connectivity index is 2.72. The summed E-state index contributed by atoms with van der Waals surface area (Å²) in [6.07, 6.45) is 0. The number of halogens is 1. The van der Waals surface area contributed by atoms with Crippen molar-refractivity contribution in [2.24, 2.45) is 0 Å². The number of hydrogen-bond acceptors (Lipinski definition) is 2. The van der Waals surface area contributed by atoms with E-state index >= 15 is 0 Å².